The molecule has 1 amide bonds. The van der Waals surface area contributed by atoms with Crippen molar-refractivity contribution in [3.05, 3.63) is 106 Å². The summed E-state index contributed by atoms with van der Waals surface area (Å²) in [6.07, 6.45) is 2.16. The van der Waals surface area contributed by atoms with Gasteiger partial charge in [0.2, 0.25) is 5.91 Å². The van der Waals surface area contributed by atoms with Crippen molar-refractivity contribution in [1.29, 1.82) is 0 Å². The van der Waals surface area contributed by atoms with Crippen LogP contribution in [0.5, 0.6) is 0 Å². The maximum Gasteiger partial charge on any atom is 0.337 e. The maximum atomic E-state index is 13.6. The number of H-pyrrole nitrogens is 1. The number of nitrogens with one attached hydrogen (secondary N) is 3. The van der Waals surface area contributed by atoms with Crippen LogP contribution in [0.1, 0.15) is 21.5 Å². The van der Waals surface area contributed by atoms with Gasteiger partial charge in [0.15, 0.2) is 5.95 Å². The second-order valence-corrected chi connectivity index (χ2v) is 9.37. The third kappa shape index (κ3) is 6.41. The molecule has 0 spiro atoms. The Labute approximate surface area is 235 Å². The fraction of sp³-hybridized carbons (Fsp3) is 0.167. The van der Waals surface area contributed by atoms with E-state index in [0.717, 1.165) is 22.2 Å². The van der Waals surface area contributed by atoms with Crippen molar-refractivity contribution < 1.29 is 14.3 Å². The van der Waals surface area contributed by atoms with Crippen LogP contribution in [0.2, 0.25) is 0 Å². The van der Waals surface area contributed by atoms with Gasteiger partial charge in [-0.05, 0) is 41.8 Å². The molecule has 5 N–H and O–H groups in total. The highest BCUT2D eigenvalue weighted by molar-refractivity contribution is 5.90. The van der Waals surface area contributed by atoms with Gasteiger partial charge in [0.05, 0.1) is 29.9 Å². The number of benzene rings is 3. The minimum absolute atomic E-state index is 0.234. The summed E-state index contributed by atoms with van der Waals surface area (Å²) in [4.78, 5) is 50.5. The highest BCUT2D eigenvalue weighted by Gasteiger charge is 2.17. The third-order valence-electron chi connectivity index (χ3n) is 6.52. The molecular formula is C30H29N7O4. The zero-order valence-electron chi connectivity index (χ0n) is 22.4. The average Bonchev–Trinajstić information content (AvgIpc) is 3.37. The quantitative estimate of drug-likeness (QED) is 0.193. The Morgan fingerprint density at radius 2 is 1.85 bits per heavy atom. The van der Waals surface area contributed by atoms with E-state index in [9.17, 15) is 14.4 Å². The summed E-state index contributed by atoms with van der Waals surface area (Å²) < 4.78 is 6.13. The minimum Gasteiger partial charge on any atom is -0.465 e. The standard InChI is InChI=1S/C30H29N7O4/c1-41-29(40)22-9-5-8-21(15-22)27-34-17-25(32-13-12-19-6-3-2-4-7-19)28(39)37(27)18-26(38)33-16-20-10-11-23-24(14-20)36-30(31)35-23/h2-11,14-15,17,32H,12-13,16,18H2,1H3,(H,33,38)(H3,31,35,36). The first-order valence-electron chi connectivity index (χ1n) is 13.0. The fourth-order valence-electron chi connectivity index (χ4n) is 4.47. The molecule has 0 radical (unpaired) electrons. The van der Waals surface area contributed by atoms with Crippen LogP contribution in [0.25, 0.3) is 22.4 Å². The van der Waals surface area contributed by atoms with Gasteiger partial charge in [-0.15, -0.1) is 0 Å². The van der Waals surface area contributed by atoms with Crippen molar-refractivity contribution in [2.24, 2.45) is 0 Å². The van der Waals surface area contributed by atoms with Gasteiger partial charge in [-0.25, -0.2) is 14.8 Å². The van der Waals surface area contributed by atoms with Gasteiger partial charge in [-0.3, -0.25) is 14.2 Å². The molecule has 208 valence electrons. The number of aromatic amines is 1. The number of imidazole rings is 1. The van der Waals surface area contributed by atoms with Crippen molar-refractivity contribution in [3.8, 4) is 11.4 Å². The molecule has 2 aromatic heterocycles. The third-order valence-corrected chi connectivity index (χ3v) is 6.52. The Hall–Kier alpha value is -5.45. The minimum atomic E-state index is -0.520. The van der Waals surface area contributed by atoms with E-state index in [2.05, 4.69) is 25.6 Å². The van der Waals surface area contributed by atoms with Crippen LogP contribution in [0.15, 0.2) is 83.8 Å². The number of esters is 1. The normalized spacial score (nSPS) is 10.9. The number of methoxy groups -OCH3 is 1. The van der Waals surface area contributed by atoms with E-state index in [1.807, 2.05) is 48.5 Å². The number of carbonyl (C=O) groups is 2. The Balaban J connectivity index is 1.39. The number of nitrogens with zero attached hydrogens (tertiary/aromatic N) is 3. The second-order valence-electron chi connectivity index (χ2n) is 9.37. The molecule has 0 atom stereocenters. The highest BCUT2D eigenvalue weighted by Crippen LogP contribution is 2.19. The van der Waals surface area contributed by atoms with Gasteiger partial charge in [0, 0.05) is 18.7 Å². The molecule has 0 aliphatic rings. The summed E-state index contributed by atoms with van der Waals surface area (Å²) in [5, 5.41) is 6.01. The van der Waals surface area contributed by atoms with E-state index >= 15 is 0 Å². The number of carbonyl (C=O) groups excluding carboxylic acids is 2. The summed E-state index contributed by atoms with van der Waals surface area (Å²) in [5.41, 5.74) is 9.83. The molecule has 0 aliphatic heterocycles. The molecule has 0 saturated heterocycles. The predicted molar refractivity (Wildman–Crippen MR) is 156 cm³/mol. The fourth-order valence-corrected chi connectivity index (χ4v) is 4.47. The van der Waals surface area contributed by atoms with Gasteiger partial charge >= 0.3 is 5.97 Å². The van der Waals surface area contributed by atoms with Crippen LogP contribution < -0.4 is 21.9 Å². The number of anilines is 2. The van der Waals surface area contributed by atoms with Crippen molar-refractivity contribution in [2.75, 3.05) is 24.7 Å². The maximum absolute atomic E-state index is 13.6. The number of rotatable bonds is 10. The lowest BCUT2D eigenvalue weighted by molar-refractivity contribution is -0.121. The first kappa shape index (κ1) is 27.1. The average molecular weight is 552 g/mol. The molecule has 0 bridgehead atoms. The Morgan fingerprint density at radius 3 is 2.66 bits per heavy atom. The van der Waals surface area contributed by atoms with E-state index < -0.39 is 11.5 Å². The van der Waals surface area contributed by atoms with E-state index in [0.29, 0.717) is 30.0 Å². The molecule has 2 heterocycles. The van der Waals surface area contributed by atoms with Crippen LogP contribution in [0.3, 0.4) is 0 Å². The number of ether oxygens (including phenoxy) is 1. The van der Waals surface area contributed by atoms with Gasteiger partial charge in [0.1, 0.15) is 18.1 Å². The van der Waals surface area contributed by atoms with Gasteiger partial charge in [0.25, 0.3) is 5.56 Å². The smallest absolute Gasteiger partial charge is 0.337 e. The Bertz CT molecular complexity index is 1760. The molecule has 0 unspecified atom stereocenters. The number of hydrogen-bond acceptors (Lipinski definition) is 8. The first-order valence-corrected chi connectivity index (χ1v) is 13.0. The lowest BCUT2D eigenvalue weighted by Gasteiger charge is -2.15. The van der Waals surface area contributed by atoms with E-state index in [4.69, 9.17) is 10.5 Å². The molecule has 0 saturated carbocycles. The Kier molecular flexibility index (Phi) is 8.05. The van der Waals surface area contributed by atoms with Crippen LogP contribution in [-0.2, 0) is 29.0 Å². The summed E-state index contributed by atoms with van der Waals surface area (Å²) in [6, 6.07) is 22.0. The number of nitrogens with two attached hydrogens (primary N) is 1. The summed E-state index contributed by atoms with van der Waals surface area (Å²) >= 11 is 0. The molecule has 11 nitrogen and oxygen atoms in total. The predicted octanol–water partition coefficient (Wildman–Crippen LogP) is 3.13. The van der Waals surface area contributed by atoms with Crippen LogP contribution in [0.4, 0.5) is 11.6 Å². The summed E-state index contributed by atoms with van der Waals surface area (Å²) in [5.74, 6) is -0.341. The Morgan fingerprint density at radius 1 is 1.02 bits per heavy atom. The second kappa shape index (κ2) is 12.2. The lowest BCUT2D eigenvalue weighted by Crippen LogP contribution is -2.34. The van der Waals surface area contributed by atoms with E-state index in [1.165, 1.54) is 17.9 Å². The lowest BCUT2D eigenvalue weighted by atomic mass is 10.1. The number of amides is 1. The monoisotopic (exact) mass is 551 g/mol. The highest BCUT2D eigenvalue weighted by atomic mass is 16.5. The van der Waals surface area contributed by atoms with Crippen LogP contribution in [0, 0.1) is 0 Å². The van der Waals surface area contributed by atoms with Crippen molar-refractivity contribution in [2.45, 2.75) is 19.5 Å². The van der Waals surface area contributed by atoms with Crippen LogP contribution in [-0.4, -0.2) is 45.1 Å². The topological polar surface area (TPSA) is 157 Å². The van der Waals surface area contributed by atoms with Crippen molar-refractivity contribution in [3.63, 3.8) is 0 Å². The zero-order valence-corrected chi connectivity index (χ0v) is 22.4. The van der Waals surface area contributed by atoms with E-state index in [1.54, 1.807) is 24.3 Å². The van der Waals surface area contributed by atoms with Gasteiger partial charge in [-0.2, -0.15) is 0 Å². The SMILES string of the molecule is COC(=O)c1cccc(-c2ncc(NCCc3ccccc3)c(=O)n2CC(=O)NCc2ccc3nc(N)[nH]c3c2)c1. The molecule has 5 rings (SSSR count). The van der Waals surface area contributed by atoms with Gasteiger partial charge in [-0.1, -0.05) is 48.5 Å². The summed E-state index contributed by atoms with van der Waals surface area (Å²) in [6.45, 7) is 0.458. The zero-order chi connectivity index (χ0) is 28.8. The van der Waals surface area contributed by atoms with Crippen LogP contribution >= 0.6 is 0 Å². The number of fused-ring (bicyclic) bond motifs is 1. The van der Waals surface area contributed by atoms with E-state index in [-0.39, 0.29) is 30.5 Å². The molecular weight excluding hydrogens is 522 g/mol. The largest absolute Gasteiger partial charge is 0.465 e. The summed E-state index contributed by atoms with van der Waals surface area (Å²) in [7, 11) is 1.29. The molecule has 3 aromatic carbocycles. The van der Waals surface area contributed by atoms with Crippen molar-refractivity contribution >= 4 is 34.5 Å². The first-order chi connectivity index (χ1) is 19.9. The molecule has 41 heavy (non-hydrogen) atoms. The molecule has 0 fully saturated rings. The molecule has 5 aromatic rings. The molecule has 0 aliphatic carbocycles. The number of aromatic nitrogens is 4. The van der Waals surface area contributed by atoms with Gasteiger partial charge < -0.3 is 26.1 Å². The number of hydrogen-bond donors (Lipinski definition) is 4. The van der Waals surface area contributed by atoms with Crippen molar-refractivity contribution in [1.82, 2.24) is 24.8 Å². The number of nitrogen functional groups attached to an aromatic ring is 1. The molecule has 11 heteroatoms.